The highest BCUT2D eigenvalue weighted by molar-refractivity contribution is 6.46. The van der Waals surface area contributed by atoms with Gasteiger partial charge >= 0.3 is 0 Å². The van der Waals surface area contributed by atoms with E-state index in [4.69, 9.17) is 18.9 Å². The van der Waals surface area contributed by atoms with Crippen molar-refractivity contribution < 1.29 is 33.6 Å². The van der Waals surface area contributed by atoms with Crippen molar-refractivity contribution in [2.45, 2.75) is 32.5 Å². The molecular weight excluding hydrogens is 486 g/mol. The van der Waals surface area contributed by atoms with Crippen LogP contribution in [0.3, 0.4) is 0 Å². The van der Waals surface area contributed by atoms with Crippen molar-refractivity contribution in [3.05, 3.63) is 89.0 Å². The number of carbonyl (C=O) groups excluding carboxylic acids is 2. The van der Waals surface area contributed by atoms with Gasteiger partial charge in [-0.2, -0.15) is 0 Å². The zero-order valence-electron chi connectivity index (χ0n) is 22.1. The normalized spacial score (nSPS) is 16.6. The molecule has 1 amide bonds. The van der Waals surface area contributed by atoms with E-state index >= 15 is 0 Å². The number of ketones is 1. The molecule has 4 rings (SSSR count). The third-order valence-electron chi connectivity index (χ3n) is 6.27. The lowest BCUT2D eigenvalue weighted by molar-refractivity contribution is -0.140. The number of hydrogen-bond donors (Lipinski definition) is 1. The highest BCUT2D eigenvalue weighted by Gasteiger charge is 2.46. The molecule has 1 atom stereocenters. The third-order valence-corrected chi connectivity index (χ3v) is 6.27. The summed E-state index contributed by atoms with van der Waals surface area (Å²) >= 11 is 0. The van der Waals surface area contributed by atoms with Crippen molar-refractivity contribution in [2.24, 2.45) is 0 Å². The molecule has 1 unspecified atom stereocenters. The van der Waals surface area contributed by atoms with Crippen LogP contribution in [0, 0.1) is 0 Å². The molecular formula is C30H31NO7. The van der Waals surface area contributed by atoms with E-state index in [2.05, 4.69) is 0 Å². The van der Waals surface area contributed by atoms with Gasteiger partial charge in [-0.05, 0) is 73.5 Å². The third kappa shape index (κ3) is 5.29. The molecule has 3 aromatic rings. The maximum Gasteiger partial charge on any atom is 0.295 e. The fraction of sp³-hybridized carbons (Fsp3) is 0.267. The van der Waals surface area contributed by atoms with Gasteiger partial charge in [0.1, 0.15) is 17.3 Å². The first kappa shape index (κ1) is 26.6. The summed E-state index contributed by atoms with van der Waals surface area (Å²) in [5.74, 6) is 0.605. The minimum Gasteiger partial charge on any atom is -0.507 e. The average Bonchev–Trinajstić information content (AvgIpc) is 3.17. The van der Waals surface area contributed by atoms with Crippen molar-refractivity contribution in [2.75, 3.05) is 21.3 Å². The quantitative estimate of drug-likeness (QED) is 0.239. The summed E-state index contributed by atoms with van der Waals surface area (Å²) in [5.41, 5.74) is 1.81. The molecule has 1 aliphatic heterocycles. The Kier molecular flexibility index (Phi) is 7.90. The standard InChI is InChI=1S/C30H31NO7/c1-18(2)38-23-13-9-21(10-14-23)28(32)26-27(20-7-11-22(35-3)12-8-20)31(30(34)29(26)33)17-19-6-15-24(36-4)25(16-19)37-5/h6-16,18,27,32H,17H2,1-5H3/b28-26+. The Morgan fingerprint density at radius 1 is 0.842 bits per heavy atom. The second kappa shape index (κ2) is 11.3. The van der Waals surface area contributed by atoms with Crippen LogP contribution in [-0.2, 0) is 16.1 Å². The van der Waals surface area contributed by atoms with E-state index in [-0.39, 0.29) is 24.0 Å². The number of aliphatic hydroxyl groups is 1. The van der Waals surface area contributed by atoms with Gasteiger partial charge in [0, 0.05) is 12.1 Å². The second-order valence-corrected chi connectivity index (χ2v) is 9.08. The van der Waals surface area contributed by atoms with Crippen LogP contribution in [-0.4, -0.2) is 49.1 Å². The van der Waals surface area contributed by atoms with E-state index in [1.54, 1.807) is 80.9 Å². The SMILES string of the molecule is COc1ccc(C2/C(=C(\O)c3ccc(OC(C)C)cc3)C(=O)C(=O)N2Cc2ccc(OC)c(OC)c2)cc1. The van der Waals surface area contributed by atoms with Crippen LogP contribution in [0.1, 0.15) is 36.6 Å². The molecule has 0 bridgehead atoms. The van der Waals surface area contributed by atoms with Crippen LogP contribution in [0.25, 0.3) is 5.76 Å². The van der Waals surface area contributed by atoms with Gasteiger partial charge in [-0.1, -0.05) is 18.2 Å². The number of methoxy groups -OCH3 is 3. The molecule has 1 N–H and O–H groups in total. The predicted octanol–water partition coefficient (Wildman–Crippen LogP) is 5.12. The largest absolute Gasteiger partial charge is 0.507 e. The number of aliphatic hydroxyl groups excluding tert-OH is 1. The Bertz CT molecular complexity index is 1340. The summed E-state index contributed by atoms with van der Waals surface area (Å²) < 4.78 is 21.7. The molecule has 38 heavy (non-hydrogen) atoms. The topological polar surface area (TPSA) is 94.5 Å². The van der Waals surface area contributed by atoms with Gasteiger partial charge in [0.25, 0.3) is 11.7 Å². The Balaban J connectivity index is 1.79. The van der Waals surface area contributed by atoms with E-state index in [1.165, 1.54) is 12.0 Å². The van der Waals surface area contributed by atoms with E-state index in [9.17, 15) is 14.7 Å². The Hall–Kier alpha value is -4.46. The molecule has 0 spiro atoms. The van der Waals surface area contributed by atoms with Crippen LogP contribution in [0.2, 0.25) is 0 Å². The second-order valence-electron chi connectivity index (χ2n) is 9.08. The lowest BCUT2D eigenvalue weighted by Crippen LogP contribution is -2.29. The van der Waals surface area contributed by atoms with Crippen LogP contribution in [0.4, 0.5) is 0 Å². The number of benzene rings is 3. The molecule has 0 aliphatic carbocycles. The minimum absolute atomic E-state index is 0.00794. The Morgan fingerprint density at radius 2 is 1.47 bits per heavy atom. The van der Waals surface area contributed by atoms with Gasteiger partial charge in [-0.25, -0.2) is 0 Å². The van der Waals surface area contributed by atoms with Crippen molar-refractivity contribution in [3.63, 3.8) is 0 Å². The predicted molar refractivity (Wildman–Crippen MR) is 143 cm³/mol. The molecule has 0 radical (unpaired) electrons. The van der Waals surface area contributed by atoms with E-state index in [0.29, 0.717) is 34.1 Å². The summed E-state index contributed by atoms with van der Waals surface area (Å²) in [5, 5.41) is 11.3. The molecule has 1 fully saturated rings. The van der Waals surface area contributed by atoms with Gasteiger partial charge < -0.3 is 29.0 Å². The molecule has 8 nitrogen and oxygen atoms in total. The number of nitrogens with zero attached hydrogens (tertiary/aromatic N) is 1. The van der Waals surface area contributed by atoms with Gasteiger partial charge in [0.15, 0.2) is 11.5 Å². The molecule has 198 valence electrons. The molecule has 1 heterocycles. The van der Waals surface area contributed by atoms with Gasteiger partial charge in [0.2, 0.25) is 0 Å². The molecule has 3 aromatic carbocycles. The first-order valence-electron chi connectivity index (χ1n) is 12.2. The molecule has 8 heteroatoms. The smallest absolute Gasteiger partial charge is 0.295 e. The van der Waals surface area contributed by atoms with Crippen LogP contribution in [0.5, 0.6) is 23.0 Å². The monoisotopic (exact) mass is 517 g/mol. The first-order chi connectivity index (χ1) is 18.3. The summed E-state index contributed by atoms with van der Waals surface area (Å²) in [6.45, 7) is 3.95. The number of ether oxygens (including phenoxy) is 4. The number of carbonyl (C=O) groups is 2. The van der Waals surface area contributed by atoms with E-state index < -0.39 is 17.7 Å². The minimum atomic E-state index is -0.819. The average molecular weight is 518 g/mol. The van der Waals surface area contributed by atoms with Gasteiger partial charge in [-0.3, -0.25) is 9.59 Å². The first-order valence-corrected chi connectivity index (χ1v) is 12.2. The Labute approximate surface area is 222 Å². The maximum atomic E-state index is 13.4. The zero-order valence-corrected chi connectivity index (χ0v) is 22.1. The number of rotatable bonds is 9. The van der Waals surface area contributed by atoms with Crippen molar-refractivity contribution >= 4 is 17.4 Å². The summed E-state index contributed by atoms with van der Waals surface area (Å²) in [7, 11) is 4.63. The van der Waals surface area contributed by atoms with E-state index in [0.717, 1.165) is 5.56 Å². The molecule has 0 aromatic heterocycles. The summed E-state index contributed by atoms with van der Waals surface area (Å²) in [4.78, 5) is 28.2. The Morgan fingerprint density at radius 3 is 2.05 bits per heavy atom. The number of hydrogen-bond acceptors (Lipinski definition) is 7. The highest BCUT2D eigenvalue weighted by atomic mass is 16.5. The van der Waals surface area contributed by atoms with Crippen LogP contribution in [0.15, 0.2) is 72.3 Å². The summed E-state index contributed by atoms with van der Waals surface area (Å²) in [6, 6.07) is 18.3. The molecule has 1 saturated heterocycles. The van der Waals surface area contributed by atoms with Crippen molar-refractivity contribution in [3.8, 4) is 23.0 Å². The maximum absolute atomic E-state index is 13.4. The fourth-order valence-corrected chi connectivity index (χ4v) is 4.47. The lowest BCUT2D eigenvalue weighted by atomic mass is 9.95. The van der Waals surface area contributed by atoms with Crippen LogP contribution >= 0.6 is 0 Å². The molecule has 0 saturated carbocycles. The number of Topliss-reactive ketones (excluding diaryl/α,β-unsaturated/α-hetero) is 1. The molecule has 1 aliphatic rings. The van der Waals surface area contributed by atoms with Crippen molar-refractivity contribution in [1.82, 2.24) is 4.90 Å². The highest BCUT2D eigenvalue weighted by Crippen LogP contribution is 2.41. The number of amides is 1. The fourth-order valence-electron chi connectivity index (χ4n) is 4.47. The lowest BCUT2D eigenvalue weighted by Gasteiger charge is -2.26. The number of likely N-dealkylation sites (tertiary alicyclic amines) is 1. The van der Waals surface area contributed by atoms with Crippen molar-refractivity contribution in [1.29, 1.82) is 0 Å². The van der Waals surface area contributed by atoms with Gasteiger partial charge in [0.05, 0.1) is 39.0 Å². The zero-order chi connectivity index (χ0) is 27.4. The van der Waals surface area contributed by atoms with Crippen LogP contribution < -0.4 is 18.9 Å². The van der Waals surface area contributed by atoms with E-state index in [1.807, 2.05) is 13.8 Å². The van der Waals surface area contributed by atoms with Gasteiger partial charge in [-0.15, -0.1) is 0 Å². The summed E-state index contributed by atoms with van der Waals surface area (Å²) in [6.07, 6.45) is -0.00794.